The van der Waals surface area contributed by atoms with Crippen molar-refractivity contribution in [1.29, 1.82) is 0 Å². The molecule has 0 spiro atoms. The number of nitrogens with one attached hydrogen (secondary N) is 1. The number of hydrogen-bond acceptors (Lipinski definition) is 2. The molecule has 1 saturated heterocycles. The first kappa shape index (κ1) is 18.2. The lowest BCUT2D eigenvalue weighted by atomic mass is 9.92. The van der Waals surface area contributed by atoms with Crippen LogP contribution in [-0.4, -0.2) is 28.3 Å². The number of nitrogens with zero attached hydrogens (tertiary/aromatic N) is 1. The molecule has 3 rings (SSSR count). The van der Waals surface area contributed by atoms with Crippen molar-refractivity contribution in [2.45, 2.75) is 70.0 Å². The predicted molar refractivity (Wildman–Crippen MR) is 94.6 cm³/mol. The van der Waals surface area contributed by atoms with Crippen LogP contribution in [0.4, 0.5) is 4.39 Å². The Hall–Kier alpha value is -1.62. The van der Waals surface area contributed by atoms with E-state index >= 15 is 0 Å². The first-order valence-electron chi connectivity index (χ1n) is 8.95. The van der Waals surface area contributed by atoms with Crippen LogP contribution in [-0.2, 0) is 16.1 Å². The van der Waals surface area contributed by atoms with Crippen molar-refractivity contribution in [3.63, 3.8) is 0 Å². The van der Waals surface area contributed by atoms with Gasteiger partial charge in [0.15, 0.2) is 0 Å². The van der Waals surface area contributed by atoms with Gasteiger partial charge in [0.25, 0.3) is 0 Å². The minimum absolute atomic E-state index is 0.0679. The summed E-state index contributed by atoms with van der Waals surface area (Å²) in [5.74, 6) is -0.579. The van der Waals surface area contributed by atoms with E-state index in [9.17, 15) is 14.0 Å². The van der Waals surface area contributed by atoms with Gasteiger partial charge >= 0.3 is 0 Å². The average molecular weight is 367 g/mol. The zero-order valence-corrected chi connectivity index (χ0v) is 15.2. The van der Waals surface area contributed by atoms with Gasteiger partial charge in [-0.05, 0) is 43.9 Å². The van der Waals surface area contributed by atoms with E-state index in [-0.39, 0.29) is 29.4 Å². The van der Waals surface area contributed by atoms with E-state index in [1.54, 1.807) is 11.0 Å². The summed E-state index contributed by atoms with van der Waals surface area (Å²) >= 11 is 6.11. The Balaban J connectivity index is 1.76. The van der Waals surface area contributed by atoms with E-state index in [4.69, 9.17) is 11.6 Å². The zero-order valence-electron chi connectivity index (χ0n) is 14.5. The van der Waals surface area contributed by atoms with Gasteiger partial charge in [-0.15, -0.1) is 0 Å². The van der Waals surface area contributed by atoms with Gasteiger partial charge in [0.05, 0.1) is 0 Å². The molecule has 2 aliphatic rings. The number of hydrogen-bond donors (Lipinski definition) is 1. The Labute approximate surface area is 152 Å². The van der Waals surface area contributed by atoms with Crippen molar-refractivity contribution in [3.8, 4) is 0 Å². The second-order valence-corrected chi connectivity index (χ2v) is 7.71. The second kappa shape index (κ2) is 7.32. The highest BCUT2D eigenvalue weighted by molar-refractivity contribution is 6.31. The Morgan fingerprint density at radius 1 is 1.36 bits per heavy atom. The fourth-order valence-corrected chi connectivity index (χ4v) is 4.03. The van der Waals surface area contributed by atoms with E-state index in [0.717, 1.165) is 25.7 Å². The van der Waals surface area contributed by atoms with Gasteiger partial charge in [0, 0.05) is 24.0 Å². The van der Waals surface area contributed by atoms with Crippen molar-refractivity contribution in [2.75, 3.05) is 0 Å². The van der Waals surface area contributed by atoms with Gasteiger partial charge in [0.2, 0.25) is 11.8 Å². The third-order valence-corrected chi connectivity index (χ3v) is 5.85. The lowest BCUT2D eigenvalue weighted by molar-refractivity contribution is -0.141. The maximum Gasteiger partial charge on any atom is 0.245 e. The second-order valence-electron chi connectivity index (χ2n) is 7.30. The van der Waals surface area contributed by atoms with Crippen LogP contribution in [0.3, 0.4) is 0 Å². The summed E-state index contributed by atoms with van der Waals surface area (Å²) in [5.41, 5.74) is -0.235. The Bertz CT molecular complexity index is 675. The summed E-state index contributed by atoms with van der Waals surface area (Å²) in [6.07, 6.45) is 6.32. The smallest absolute Gasteiger partial charge is 0.245 e. The van der Waals surface area contributed by atoms with E-state index < -0.39 is 11.4 Å². The molecule has 6 heteroatoms. The average Bonchev–Trinajstić information content (AvgIpc) is 2.87. The Morgan fingerprint density at radius 3 is 2.76 bits per heavy atom. The summed E-state index contributed by atoms with van der Waals surface area (Å²) in [7, 11) is 0. The molecular formula is C19H24ClFN2O2. The fraction of sp³-hybridized carbons (Fsp3) is 0.579. The van der Waals surface area contributed by atoms with Crippen LogP contribution >= 0.6 is 11.6 Å². The van der Waals surface area contributed by atoms with Crippen molar-refractivity contribution in [3.05, 3.63) is 34.6 Å². The zero-order chi connectivity index (χ0) is 18.0. The molecule has 1 saturated carbocycles. The molecule has 4 nitrogen and oxygen atoms in total. The van der Waals surface area contributed by atoms with Gasteiger partial charge in [-0.2, -0.15) is 0 Å². The number of carbonyl (C=O) groups is 2. The molecular weight excluding hydrogens is 343 g/mol. The maximum atomic E-state index is 13.2. The predicted octanol–water partition coefficient (Wildman–Crippen LogP) is 3.81. The molecule has 1 N–H and O–H groups in total. The van der Waals surface area contributed by atoms with Gasteiger partial charge in [-0.3, -0.25) is 9.59 Å². The lowest BCUT2D eigenvalue weighted by Gasteiger charge is -2.36. The SMILES string of the molecule is C[C@@]1(C(=O)NC2CCCCC2)CCC(=O)N1Cc1ccc(F)cc1Cl. The van der Waals surface area contributed by atoms with Crippen molar-refractivity contribution in [2.24, 2.45) is 0 Å². The minimum atomic E-state index is -0.883. The quantitative estimate of drug-likeness (QED) is 0.880. The number of rotatable bonds is 4. The molecule has 1 aliphatic heterocycles. The standard InChI is InChI=1S/C19H24ClFN2O2/c1-19(18(25)22-15-5-3-2-4-6-15)10-9-17(24)23(19)12-13-7-8-14(21)11-16(13)20/h7-8,11,15H,2-6,9-10,12H2,1H3,(H,22,25)/t19-/m0/s1. The van der Waals surface area contributed by atoms with Gasteiger partial charge in [0.1, 0.15) is 11.4 Å². The molecule has 0 bridgehead atoms. The highest BCUT2D eigenvalue weighted by atomic mass is 35.5. The molecule has 0 unspecified atom stereocenters. The normalized spacial score (nSPS) is 24.6. The van der Waals surface area contributed by atoms with Crippen LogP contribution in [0.1, 0.15) is 57.4 Å². The molecule has 1 aromatic rings. The van der Waals surface area contributed by atoms with E-state index in [0.29, 0.717) is 18.4 Å². The summed E-state index contributed by atoms with van der Waals surface area (Å²) in [6.45, 7) is 2.03. The first-order chi connectivity index (χ1) is 11.9. The topological polar surface area (TPSA) is 49.4 Å². The molecule has 1 aromatic carbocycles. The fourth-order valence-electron chi connectivity index (χ4n) is 3.80. The van der Waals surface area contributed by atoms with Crippen molar-refractivity contribution in [1.82, 2.24) is 10.2 Å². The highest BCUT2D eigenvalue weighted by Crippen LogP contribution is 2.34. The number of carbonyl (C=O) groups excluding carboxylic acids is 2. The summed E-state index contributed by atoms with van der Waals surface area (Å²) in [4.78, 5) is 26.9. The molecule has 1 atom stereocenters. The van der Waals surface area contributed by atoms with Crippen LogP contribution in [0, 0.1) is 5.82 Å². The summed E-state index contributed by atoms with van der Waals surface area (Å²) in [5, 5.41) is 3.41. The molecule has 2 amide bonds. The summed E-state index contributed by atoms with van der Waals surface area (Å²) in [6, 6.07) is 4.32. The Morgan fingerprint density at radius 2 is 2.08 bits per heavy atom. The number of likely N-dealkylation sites (tertiary alicyclic amines) is 1. The Kier molecular flexibility index (Phi) is 5.32. The van der Waals surface area contributed by atoms with E-state index in [2.05, 4.69) is 5.32 Å². The highest BCUT2D eigenvalue weighted by Gasteiger charge is 2.47. The van der Waals surface area contributed by atoms with Crippen LogP contribution < -0.4 is 5.32 Å². The van der Waals surface area contributed by atoms with Crippen LogP contribution in [0.5, 0.6) is 0 Å². The minimum Gasteiger partial charge on any atom is -0.351 e. The molecule has 25 heavy (non-hydrogen) atoms. The van der Waals surface area contributed by atoms with Gasteiger partial charge in [-0.25, -0.2) is 4.39 Å². The number of amides is 2. The number of halogens is 2. The molecule has 2 fully saturated rings. The van der Waals surface area contributed by atoms with Gasteiger partial charge in [-0.1, -0.05) is 36.9 Å². The van der Waals surface area contributed by atoms with Gasteiger partial charge < -0.3 is 10.2 Å². The van der Waals surface area contributed by atoms with E-state index in [1.165, 1.54) is 18.6 Å². The van der Waals surface area contributed by atoms with E-state index in [1.807, 2.05) is 6.92 Å². The third-order valence-electron chi connectivity index (χ3n) is 5.50. The third kappa shape index (κ3) is 3.81. The monoisotopic (exact) mass is 366 g/mol. The molecule has 0 aromatic heterocycles. The molecule has 1 heterocycles. The maximum absolute atomic E-state index is 13.2. The van der Waals surface area contributed by atoms with Crippen molar-refractivity contribution < 1.29 is 14.0 Å². The van der Waals surface area contributed by atoms with Crippen molar-refractivity contribution >= 4 is 23.4 Å². The largest absolute Gasteiger partial charge is 0.351 e. The molecule has 136 valence electrons. The summed E-state index contributed by atoms with van der Waals surface area (Å²) < 4.78 is 13.2. The lowest BCUT2D eigenvalue weighted by Crippen LogP contribution is -2.56. The molecule has 1 aliphatic carbocycles. The van der Waals surface area contributed by atoms with Crippen LogP contribution in [0.15, 0.2) is 18.2 Å². The van der Waals surface area contributed by atoms with Crippen LogP contribution in [0.2, 0.25) is 5.02 Å². The number of benzene rings is 1. The first-order valence-corrected chi connectivity index (χ1v) is 9.33. The van der Waals surface area contributed by atoms with Crippen LogP contribution in [0.25, 0.3) is 0 Å². The molecule has 0 radical (unpaired) electrons.